The fourth-order valence-electron chi connectivity index (χ4n) is 2.61. The average Bonchev–Trinajstić information content (AvgIpc) is 3.11. The van der Waals surface area contributed by atoms with Crippen LogP contribution in [0.5, 0.6) is 11.5 Å². The lowest BCUT2D eigenvalue weighted by molar-refractivity contribution is -0.135. The van der Waals surface area contributed by atoms with Gasteiger partial charge in [0, 0.05) is 12.6 Å². The number of nitrogens with zero attached hydrogens (tertiary/aromatic N) is 3. The average molecular weight is 372 g/mol. The van der Waals surface area contributed by atoms with E-state index in [0.717, 1.165) is 4.68 Å². The van der Waals surface area contributed by atoms with Gasteiger partial charge in [0.1, 0.15) is 17.8 Å². The number of benzene rings is 1. The van der Waals surface area contributed by atoms with E-state index < -0.39 is 35.3 Å². The number of carbonyl (C=O) groups is 2. The lowest BCUT2D eigenvalue weighted by Crippen LogP contribution is -2.36. The minimum atomic E-state index is -1.27. The summed E-state index contributed by atoms with van der Waals surface area (Å²) in [5.74, 6) is -2.23. The summed E-state index contributed by atoms with van der Waals surface area (Å²) in [4.78, 5) is 35.2. The topological polar surface area (TPSA) is 135 Å². The molecule has 0 fully saturated rings. The zero-order valence-electron chi connectivity index (χ0n) is 14.5. The quantitative estimate of drug-likeness (QED) is 0.583. The Morgan fingerprint density at radius 3 is 2.70 bits per heavy atom. The fraction of sp³-hybridized carbons (Fsp3) is 0.176. The third-order valence-electron chi connectivity index (χ3n) is 3.96. The van der Waals surface area contributed by atoms with Crippen LogP contribution in [0, 0.1) is 0 Å². The van der Waals surface area contributed by atoms with E-state index in [-0.39, 0.29) is 5.52 Å². The van der Waals surface area contributed by atoms with Gasteiger partial charge in [-0.15, -0.1) is 0 Å². The molecule has 0 aliphatic heterocycles. The monoisotopic (exact) mass is 372 g/mol. The van der Waals surface area contributed by atoms with Crippen molar-refractivity contribution < 1.29 is 24.5 Å². The highest BCUT2D eigenvalue weighted by Gasteiger charge is 2.23. The number of hydrogen-bond donors (Lipinski definition) is 3. The van der Waals surface area contributed by atoms with Gasteiger partial charge in [0.15, 0.2) is 11.3 Å². The fourth-order valence-corrected chi connectivity index (χ4v) is 2.61. The number of methoxy groups -OCH3 is 1. The summed E-state index contributed by atoms with van der Waals surface area (Å²) in [5.41, 5.74) is -0.119. The molecule has 10 heteroatoms. The molecule has 0 bridgehead atoms. The zero-order valence-corrected chi connectivity index (χ0v) is 14.5. The Morgan fingerprint density at radius 1 is 1.30 bits per heavy atom. The molecule has 27 heavy (non-hydrogen) atoms. The van der Waals surface area contributed by atoms with E-state index in [1.165, 1.54) is 24.9 Å². The Kier molecular flexibility index (Phi) is 4.55. The van der Waals surface area contributed by atoms with E-state index in [1.54, 1.807) is 24.3 Å². The van der Waals surface area contributed by atoms with Crippen LogP contribution in [0.3, 0.4) is 0 Å². The van der Waals surface area contributed by atoms with E-state index in [0.29, 0.717) is 17.0 Å². The lowest BCUT2D eigenvalue weighted by atomic mass is 10.1. The second-order valence-corrected chi connectivity index (χ2v) is 5.66. The number of amides is 1. The van der Waals surface area contributed by atoms with E-state index in [1.807, 2.05) is 0 Å². The van der Waals surface area contributed by atoms with Crippen LogP contribution in [0.1, 0.15) is 10.4 Å². The highest BCUT2D eigenvalue weighted by Crippen LogP contribution is 2.28. The molecule has 0 aliphatic rings. The molecule has 3 rings (SSSR count). The number of carboxylic acids is 1. The van der Waals surface area contributed by atoms with Crippen LogP contribution in [0.2, 0.25) is 0 Å². The number of ether oxygens (including phenoxy) is 1. The first-order valence-corrected chi connectivity index (χ1v) is 7.80. The second-order valence-electron chi connectivity index (χ2n) is 5.66. The Balaban J connectivity index is 2.15. The summed E-state index contributed by atoms with van der Waals surface area (Å²) in [5, 5.41) is 25.5. The molecule has 0 radical (unpaired) electrons. The van der Waals surface area contributed by atoms with Crippen LogP contribution in [-0.4, -0.2) is 50.2 Å². The Hall–Kier alpha value is -3.82. The van der Waals surface area contributed by atoms with Crippen LogP contribution in [0.15, 0.2) is 35.1 Å². The van der Waals surface area contributed by atoms with Crippen molar-refractivity contribution in [2.45, 2.75) is 0 Å². The number of nitrogens with one attached hydrogen (secondary N) is 1. The maximum absolute atomic E-state index is 12.4. The molecule has 3 aromatic rings. The summed E-state index contributed by atoms with van der Waals surface area (Å²) in [6.45, 7) is -0.680. The predicted molar refractivity (Wildman–Crippen MR) is 94.1 cm³/mol. The van der Waals surface area contributed by atoms with Crippen molar-refractivity contribution in [1.29, 1.82) is 0 Å². The van der Waals surface area contributed by atoms with Crippen molar-refractivity contribution in [2.75, 3.05) is 13.7 Å². The largest absolute Gasteiger partial charge is 0.505 e. The number of aromatic nitrogens is 3. The highest BCUT2D eigenvalue weighted by atomic mass is 16.5. The molecule has 0 aliphatic carbocycles. The van der Waals surface area contributed by atoms with E-state index in [2.05, 4.69) is 10.4 Å². The van der Waals surface area contributed by atoms with Crippen LogP contribution >= 0.6 is 0 Å². The first-order valence-electron chi connectivity index (χ1n) is 7.80. The van der Waals surface area contributed by atoms with Gasteiger partial charge in [-0.05, 0) is 18.2 Å². The van der Waals surface area contributed by atoms with Crippen LogP contribution in [-0.2, 0) is 11.8 Å². The third kappa shape index (κ3) is 3.19. The number of carboxylic acid groups (broad SMARTS) is 1. The minimum Gasteiger partial charge on any atom is -0.505 e. The van der Waals surface area contributed by atoms with Gasteiger partial charge >= 0.3 is 5.97 Å². The van der Waals surface area contributed by atoms with Crippen LogP contribution < -0.4 is 15.6 Å². The van der Waals surface area contributed by atoms with E-state index in [4.69, 9.17) is 9.84 Å². The number of rotatable bonds is 5. The van der Waals surface area contributed by atoms with Crippen LogP contribution in [0.25, 0.3) is 16.8 Å². The van der Waals surface area contributed by atoms with E-state index in [9.17, 15) is 19.5 Å². The normalized spacial score (nSPS) is 10.7. The highest BCUT2D eigenvalue weighted by molar-refractivity contribution is 5.99. The molecular weight excluding hydrogens is 356 g/mol. The summed E-state index contributed by atoms with van der Waals surface area (Å²) >= 11 is 0. The molecule has 1 amide bonds. The number of hydrogen-bond acceptors (Lipinski definition) is 6. The van der Waals surface area contributed by atoms with Gasteiger partial charge in [0.2, 0.25) is 0 Å². The summed E-state index contributed by atoms with van der Waals surface area (Å²) < 4.78 is 7.39. The van der Waals surface area contributed by atoms with Gasteiger partial charge in [0.05, 0.1) is 12.8 Å². The third-order valence-corrected chi connectivity index (χ3v) is 3.96. The Labute approximate surface area is 152 Å². The van der Waals surface area contributed by atoms with Crippen molar-refractivity contribution in [3.05, 3.63) is 46.2 Å². The summed E-state index contributed by atoms with van der Waals surface area (Å²) in [7, 11) is 2.91. The van der Waals surface area contributed by atoms with E-state index >= 15 is 0 Å². The lowest BCUT2D eigenvalue weighted by Gasteiger charge is -2.09. The van der Waals surface area contributed by atoms with Crippen LogP contribution in [0.4, 0.5) is 0 Å². The molecule has 140 valence electrons. The zero-order chi connectivity index (χ0) is 19.7. The first-order chi connectivity index (χ1) is 12.8. The standard InChI is InChI=1S/C17H16N4O6/c1-20-17(26)14(16(25)18-8-13(22)23)15(24)12-7-11(19-21(12)20)9-4-3-5-10(6-9)27-2/h3-7,24H,8H2,1-2H3,(H,18,25)(H,22,23). The van der Waals surface area contributed by atoms with Gasteiger partial charge in [0.25, 0.3) is 11.5 Å². The molecular formula is C17H16N4O6. The van der Waals surface area contributed by atoms with Crippen molar-refractivity contribution in [3.8, 4) is 22.8 Å². The molecule has 0 atom stereocenters. The second kappa shape index (κ2) is 6.83. The van der Waals surface area contributed by atoms with Gasteiger partial charge in [-0.3, -0.25) is 14.4 Å². The van der Waals surface area contributed by atoms with Crippen molar-refractivity contribution in [3.63, 3.8) is 0 Å². The number of aromatic hydroxyl groups is 1. The molecule has 3 N–H and O–H groups in total. The molecule has 0 saturated heterocycles. The predicted octanol–water partition coefficient (Wildman–Crippen LogP) is 0.229. The molecule has 2 heterocycles. The first kappa shape index (κ1) is 18.0. The smallest absolute Gasteiger partial charge is 0.322 e. The van der Waals surface area contributed by atoms with Gasteiger partial charge in [-0.2, -0.15) is 9.73 Å². The Morgan fingerprint density at radius 2 is 2.04 bits per heavy atom. The van der Waals surface area contributed by atoms with Crippen molar-refractivity contribution >= 4 is 17.4 Å². The van der Waals surface area contributed by atoms with Crippen molar-refractivity contribution in [2.24, 2.45) is 7.05 Å². The SMILES string of the molecule is COc1cccc(-c2cc3c(O)c(C(=O)NCC(=O)O)c(=O)n(C)n3n2)c1. The molecule has 2 aromatic heterocycles. The van der Waals surface area contributed by atoms with Gasteiger partial charge < -0.3 is 20.3 Å². The number of aliphatic carboxylic acids is 1. The van der Waals surface area contributed by atoms with Gasteiger partial charge in [-0.1, -0.05) is 12.1 Å². The molecule has 1 aromatic carbocycles. The number of aryl methyl sites for hydroxylation is 1. The molecule has 10 nitrogen and oxygen atoms in total. The maximum Gasteiger partial charge on any atom is 0.322 e. The minimum absolute atomic E-state index is 0.121. The van der Waals surface area contributed by atoms with Gasteiger partial charge in [-0.25, -0.2) is 4.68 Å². The molecule has 0 spiro atoms. The maximum atomic E-state index is 12.4. The Bertz CT molecular complexity index is 1110. The molecule has 0 saturated carbocycles. The summed E-state index contributed by atoms with van der Waals surface area (Å²) in [6, 6.07) is 8.55. The summed E-state index contributed by atoms with van der Waals surface area (Å²) in [6.07, 6.45) is 0. The number of carbonyl (C=O) groups excluding carboxylic acids is 1. The molecule has 0 unspecified atom stereocenters. The number of fused-ring (bicyclic) bond motifs is 1. The van der Waals surface area contributed by atoms with Crippen molar-refractivity contribution in [1.82, 2.24) is 19.7 Å².